The number of urea groups is 1. The Balaban J connectivity index is 1.52. The van der Waals surface area contributed by atoms with Crippen LogP contribution in [0.4, 0.5) is 10.5 Å². The molecule has 4 rings (SSSR count). The fraction of sp³-hybridized carbons (Fsp3) is 0.611. The maximum absolute atomic E-state index is 12.8. The number of anilines is 1. The van der Waals surface area contributed by atoms with E-state index >= 15 is 0 Å². The van der Waals surface area contributed by atoms with Gasteiger partial charge in [-0.05, 0) is 38.4 Å². The van der Waals surface area contributed by atoms with Gasteiger partial charge >= 0.3 is 6.03 Å². The Morgan fingerprint density at radius 3 is 2.92 bits per heavy atom. The molecule has 2 saturated heterocycles. The van der Waals surface area contributed by atoms with Gasteiger partial charge in [-0.1, -0.05) is 13.8 Å². The third kappa shape index (κ3) is 2.97. The first-order chi connectivity index (χ1) is 12.0. The molecule has 1 N–H and O–H groups in total. The molecule has 2 aliphatic heterocycles. The number of rotatable bonds is 2. The highest BCUT2D eigenvalue weighted by Crippen LogP contribution is 2.25. The van der Waals surface area contributed by atoms with Gasteiger partial charge in [0, 0.05) is 37.3 Å². The number of piperazine rings is 1. The summed E-state index contributed by atoms with van der Waals surface area (Å²) in [6.45, 7) is 9.27. The molecule has 2 atom stereocenters. The number of fused-ring (bicyclic) bond motifs is 2. The highest BCUT2D eigenvalue weighted by molar-refractivity contribution is 5.89. The molecule has 0 unspecified atom stereocenters. The van der Waals surface area contributed by atoms with Gasteiger partial charge < -0.3 is 10.2 Å². The molecule has 7 heteroatoms. The number of hydrogen-bond acceptors (Lipinski definition) is 4. The van der Waals surface area contributed by atoms with E-state index in [0.29, 0.717) is 6.04 Å². The van der Waals surface area contributed by atoms with Crippen LogP contribution in [-0.2, 0) is 0 Å². The fourth-order valence-electron chi connectivity index (χ4n) is 4.04. The highest BCUT2D eigenvalue weighted by Gasteiger charge is 2.36. The third-order valence-electron chi connectivity index (χ3n) is 5.39. The van der Waals surface area contributed by atoms with Gasteiger partial charge in [-0.15, -0.1) is 10.2 Å². The Hall–Kier alpha value is -2.15. The predicted molar refractivity (Wildman–Crippen MR) is 96.9 cm³/mol. The van der Waals surface area contributed by atoms with Crippen LogP contribution in [-0.4, -0.2) is 62.1 Å². The van der Waals surface area contributed by atoms with Crippen molar-refractivity contribution in [1.82, 2.24) is 24.4 Å². The lowest BCUT2D eigenvalue weighted by Gasteiger charge is -2.42. The van der Waals surface area contributed by atoms with E-state index in [1.807, 2.05) is 27.6 Å². The van der Waals surface area contributed by atoms with Crippen molar-refractivity contribution in [2.24, 2.45) is 0 Å². The molecule has 0 bridgehead atoms. The van der Waals surface area contributed by atoms with Crippen LogP contribution in [0.3, 0.4) is 0 Å². The van der Waals surface area contributed by atoms with Gasteiger partial charge in [0.05, 0.1) is 5.69 Å². The van der Waals surface area contributed by atoms with Gasteiger partial charge in [-0.3, -0.25) is 9.30 Å². The van der Waals surface area contributed by atoms with E-state index in [4.69, 9.17) is 0 Å². The Labute approximate surface area is 148 Å². The molecule has 2 fully saturated rings. The van der Waals surface area contributed by atoms with Crippen molar-refractivity contribution in [1.29, 1.82) is 0 Å². The molecule has 2 aromatic rings. The number of hydrogen-bond donors (Lipinski definition) is 1. The Morgan fingerprint density at radius 2 is 2.12 bits per heavy atom. The summed E-state index contributed by atoms with van der Waals surface area (Å²) < 4.78 is 1.96. The summed E-state index contributed by atoms with van der Waals surface area (Å²) in [6, 6.07) is 4.53. The lowest BCUT2D eigenvalue weighted by atomic mass is 10.1. The highest BCUT2D eigenvalue weighted by atomic mass is 16.2. The minimum absolute atomic E-state index is 0.0161. The Bertz CT molecular complexity index is 785. The fourth-order valence-corrected chi connectivity index (χ4v) is 4.04. The molecule has 0 radical (unpaired) electrons. The second kappa shape index (κ2) is 6.29. The maximum Gasteiger partial charge on any atom is 0.322 e. The number of nitrogens with one attached hydrogen (secondary N) is 1. The molecular formula is C18H26N6O. The van der Waals surface area contributed by atoms with E-state index in [-0.39, 0.29) is 18.0 Å². The molecule has 0 spiro atoms. The minimum Gasteiger partial charge on any atom is -0.319 e. The zero-order valence-corrected chi connectivity index (χ0v) is 15.1. The largest absolute Gasteiger partial charge is 0.322 e. The molecule has 2 aliphatic rings. The van der Waals surface area contributed by atoms with E-state index in [9.17, 15) is 4.79 Å². The maximum atomic E-state index is 12.8. The molecule has 4 heterocycles. The molecule has 2 amide bonds. The molecule has 0 aliphatic carbocycles. The number of nitrogens with zero attached hydrogens (tertiary/aromatic N) is 5. The van der Waals surface area contributed by atoms with E-state index < -0.39 is 0 Å². The van der Waals surface area contributed by atoms with E-state index in [1.165, 1.54) is 19.4 Å². The molecule has 0 aromatic carbocycles. The minimum atomic E-state index is -0.0161. The van der Waals surface area contributed by atoms with Crippen molar-refractivity contribution in [2.75, 3.05) is 25.0 Å². The van der Waals surface area contributed by atoms with Crippen LogP contribution in [0.15, 0.2) is 18.3 Å². The van der Waals surface area contributed by atoms with Crippen molar-refractivity contribution in [3.05, 3.63) is 24.2 Å². The summed E-state index contributed by atoms with van der Waals surface area (Å²) in [5, 5.41) is 11.5. The van der Waals surface area contributed by atoms with Gasteiger partial charge in [0.15, 0.2) is 5.65 Å². The van der Waals surface area contributed by atoms with Gasteiger partial charge in [0.2, 0.25) is 0 Å². The SMILES string of the molecule is CC(C)c1nnc2ccc(NC(=O)N3C[C@H]4CCCN4C[C@@H]3C)cn12. The van der Waals surface area contributed by atoms with Crippen LogP contribution in [0.5, 0.6) is 0 Å². The quantitative estimate of drug-likeness (QED) is 0.911. The predicted octanol–water partition coefficient (Wildman–Crippen LogP) is 2.55. The normalized spacial score (nSPS) is 24.1. The summed E-state index contributed by atoms with van der Waals surface area (Å²) in [4.78, 5) is 17.3. The second-order valence-corrected chi connectivity index (χ2v) is 7.58. The number of carbonyl (C=O) groups is 1. The van der Waals surface area contributed by atoms with Crippen LogP contribution >= 0.6 is 0 Å². The second-order valence-electron chi connectivity index (χ2n) is 7.58. The summed E-state index contributed by atoms with van der Waals surface area (Å²) in [7, 11) is 0. The summed E-state index contributed by atoms with van der Waals surface area (Å²) in [5.41, 5.74) is 1.58. The van der Waals surface area contributed by atoms with Crippen molar-refractivity contribution in [2.45, 2.75) is 51.6 Å². The first-order valence-electron chi connectivity index (χ1n) is 9.19. The molecular weight excluding hydrogens is 316 g/mol. The van der Waals surface area contributed by atoms with E-state index in [0.717, 1.165) is 30.2 Å². The third-order valence-corrected chi connectivity index (χ3v) is 5.39. The van der Waals surface area contributed by atoms with E-state index in [2.05, 4.69) is 41.2 Å². The van der Waals surface area contributed by atoms with Crippen molar-refractivity contribution in [3.63, 3.8) is 0 Å². The van der Waals surface area contributed by atoms with Gasteiger partial charge in [0.25, 0.3) is 0 Å². The first-order valence-corrected chi connectivity index (χ1v) is 9.19. The average Bonchev–Trinajstić information content (AvgIpc) is 3.19. The van der Waals surface area contributed by atoms with Crippen molar-refractivity contribution in [3.8, 4) is 0 Å². The molecule has 134 valence electrons. The zero-order chi connectivity index (χ0) is 17.6. The van der Waals surface area contributed by atoms with Gasteiger partial charge in [-0.25, -0.2) is 4.79 Å². The molecule has 0 saturated carbocycles. The van der Waals surface area contributed by atoms with Crippen LogP contribution in [0.25, 0.3) is 5.65 Å². The van der Waals surface area contributed by atoms with Crippen LogP contribution < -0.4 is 5.32 Å². The van der Waals surface area contributed by atoms with E-state index in [1.54, 1.807) is 0 Å². The number of carbonyl (C=O) groups excluding carboxylic acids is 1. The number of amides is 2. The molecule has 7 nitrogen and oxygen atoms in total. The monoisotopic (exact) mass is 342 g/mol. The van der Waals surface area contributed by atoms with Crippen LogP contribution in [0, 0.1) is 0 Å². The van der Waals surface area contributed by atoms with Crippen LogP contribution in [0.2, 0.25) is 0 Å². The topological polar surface area (TPSA) is 65.8 Å². The first kappa shape index (κ1) is 16.3. The van der Waals surface area contributed by atoms with Crippen molar-refractivity contribution >= 4 is 17.4 Å². The lowest BCUT2D eigenvalue weighted by molar-refractivity contribution is 0.0861. The van der Waals surface area contributed by atoms with Crippen LogP contribution in [0.1, 0.15) is 45.4 Å². The number of pyridine rings is 1. The Kier molecular flexibility index (Phi) is 4.11. The van der Waals surface area contributed by atoms with Gasteiger partial charge in [-0.2, -0.15) is 0 Å². The van der Waals surface area contributed by atoms with Crippen molar-refractivity contribution < 1.29 is 4.79 Å². The lowest BCUT2D eigenvalue weighted by Crippen LogP contribution is -2.57. The number of aromatic nitrogens is 3. The summed E-state index contributed by atoms with van der Waals surface area (Å²) >= 11 is 0. The summed E-state index contributed by atoms with van der Waals surface area (Å²) in [6.07, 6.45) is 4.36. The average molecular weight is 342 g/mol. The Morgan fingerprint density at radius 1 is 1.28 bits per heavy atom. The molecule has 2 aromatic heterocycles. The standard InChI is InChI=1S/C18H26N6O/c1-12(2)17-21-20-16-7-6-14(10-24(16)17)19-18(25)23-11-15-5-4-8-22(15)9-13(23)3/h6-7,10,12-13,15H,4-5,8-9,11H2,1-3H3,(H,19,25)/t13-,15+/m0/s1. The van der Waals surface area contributed by atoms with Gasteiger partial charge in [0.1, 0.15) is 5.82 Å². The smallest absolute Gasteiger partial charge is 0.319 e. The molecule has 25 heavy (non-hydrogen) atoms. The zero-order valence-electron chi connectivity index (χ0n) is 15.1. The summed E-state index contributed by atoms with van der Waals surface area (Å²) in [5.74, 6) is 1.18.